The van der Waals surface area contributed by atoms with Gasteiger partial charge in [0.2, 0.25) is 0 Å². The largest absolute Gasteiger partial charge is 0.384 e. The molecular weight excluding hydrogens is 369 g/mol. The van der Waals surface area contributed by atoms with Crippen LogP contribution in [0.3, 0.4) is 0 Å². The third-order valence-corrected chi connectivity index (χ3v) is 8.51. The summed E-state index contributed by atoms with van der Waals surface area (Å²) in [6.07, 6.45) is 2.54. The molecule has 0 saturated heterocycles. The van der Waals surface area contributed by atoms with Gasteiger partial charge >= 0.3 is 0 Å². The molecule has 0 fully saturated rings. The number of benzene rings is 2. The van der Waals surface area contributed by atoms with Crippen LogP contribution in [0.2, 0.25) is 0 Å². The highest BCUT2D eigenvalue weighted by molar-refractivity contribution is 7.85. The molecule has 1 aromatic heterocycles. The maximum atomic E-state index is 14.8. The summed E-state index contributed by atoms with van der Waals surface area (Å²) in [5.41, 5.74) is 3.31. The normalized spacial score (nSPS) is 20.2. The Bertz CT molecular complexity index is 1020. The van der Waals surface area contributed by atoms with Crippen molar-refractivity contribution in [2.75, 3.05) is 38.0 Å². The predicted octanol–water partition coefficient (Wildman–Crippen LogP) is 2.25. The number of anilines is 2. The van der Waals surface area contributed by atoms with E-state index in [4.69, 9.17) is 0 Å². The number of rotatable bonds is 3. The molecular formula is C22H24N3O2P. The molecule has 2 heterocycles. The van der Waals surface area contributed by atoms with Crippen molar-refractivity contribution in [2.24, 2.45) is 0 Å². The molecule has 0 saturated carbocycles. The third-order valence-electron chi connectivity index (χ3n) is 5.35. The zero-order chi connectivity index (χ0) is 20.1. The highest BCUT2D eigenvalue weighted by atomic mass is 31.2. The first-order valence-electron chi connectivity index (χ1n) is 9.16. The smallest absolute Gasteiger partial charge is 0.172 e. The predicted molar refractivity (Wildman–Crippen MR) is 116 cm³/mol. The second-order valence-corrected chi connectivity index (χ2v) is 10.2. The minimum atomic E-state index is -3.17. The van der Waals surface area contributed by atoms with Crippen molar-refractivity contribution in [1.29, 1.82) is 0 Å². The molecule has 1 aliphatic heterocycles. The van der Waals surface area contributed by atoms with E-state index in [2.05, 4.69) is 4.98 Å². The monoisotopic (exact) mass is 393 g/mol. The van der Waals surface area contributed by atoms with Crippen LogP contribution in [0.5, 0.6) is 0 Å². The quantitative estimate of drug-likeness (QED) is 0.692. The minimum Gasteiger partial charge on any atom is -0.384 e. The van der Waals surface area contributed by atoms with Crippen LogP contribution in [0.25, 0.3) is 0 Å². The average molecular weight is 393 g/mol. The van der Waals surface area contributed by atoms with Gasteiger partial charge in [0.05, 0.1) is 0 Å². The molecule has 0 atom stereocenters. The van der Waals surface area contributed by atoms with Crippen LogP contribution in [0.4, 0.5) is 11.4 Å². The van der Waals surface area contributed by atoms with Gasteiger partial charge in [0.15, 0.2) is 7.14 Å². The van der Waals surface area contributed by atoms with Crippen molar-refractivity contribution < 1.29 is 9.67 Å². The highest BCUT2D eigenvalue weighted by Gasteiger charge is 2.41. The minimum absolute atomic E-state index is 0.695. The summed E-state index contributed by atoms with van der Waals surface area (Å²) in [5, 5.41) is 13.2. The lowest BCUT2D eigenvalue weighted by molar-refractivity contribution is 0.222. The lowest BCUT2D eigenvalue weighted by Crippen LogP contribution is -2.36. The van der Waals surface area contributed by atoms with Crippen LogP contribution in [0.1, 0.15) is 17.2 Å². The number of aliphatic hydroxyl groups excluding tert-OH is 1. The summed E-state index contributed by atoms with van der Waals surface area (Å²) in [6.45, 7) is 0. The first kappa shape index (κ1) is 18.7. The van der Waals surface area contributed by atoms with Crippen molar-refractivity contribution in [2.45, 2.75) is 6.10 Å². The second-order valence-electron chi connectivity index (χ2n) is 7.49. The van der Waals surface area contributed by atoms with Crippen molar-refractivity contribution in [3.05, 3.63) is 72.1 Å². The second kappa shape index (κ2) is 6.77. The van der Waals surface area contributed by atoms with E-state index in [1.54, 1.807) is 12.4 Å². The average Bonchev–Trinajstić information content (AvgIpc) is 2.71. The number of fused-ring (bicyclic) bond motifs is 2. The van der Waals surface area contributed by atoms with E-state index in [9.17, 15) is 9.67 Å². The third kappa shape index (κ3) is 2.74. The summed E-state index contributed by atoms with van der Waals surface area (Å²) in [4.78, 5) is 8.07. The zero-order valence-electron chi connectivity index (χ0n) is 16.5. The Labute approximate surface area is 165 Å². The van der Waals surface area contributed by atoms with Gasteiger partial charge in [-0.25, -0.2) is 0 Å². The molecule has 0 unspecified atom stereocenters. The Hall–Kier alpha value is -2.62. The van der Waals surface area contributed by atoms with Crippen LogP contribution >= 0.6 is 7.14 Å². The van der Waals surface area contributed by atoms with Crippen molar-refractivity contribution in [1.82, 2.24) is 4.98 Å². The Balaban J connectivity index is 2.09. The SMILES string of the molecule is CN(C)c1ccc2c(c1)P(=O)(c1ccncc1)c1cc(N(C)C)ccc1C2O. The molecule has 6 heteroatoms. The van der Waals surface area contributed by atoms with E-state index >= 15 is 0 Å². The molecule has 0 aliphatic carbocycles. The topological polar surface area (TPSA) is 56.7 Å². The van der Waals surface area contributed by atoms with Gasteiger partial charge in [-0.05, 0) is 47.5 Å². The van der Waals surface area contributed by atoms with Crippen LogP contribution < -0.4 is 25.7 Å². The Kier molecular flexibility index (Phi) is 4.53. The van der Waals surface area contributed by atoms with Crippen LogP contribution in [0, 0.1) is 0 Å². The van der Waals surface area contributed by atoms with Crippen LogP contribution in [-0.4, -0.2) is 38.3 Å². The number of aromatic nitrogens is 1. The lowest BCUT2D eigenvalue weighted by atomic mass is 9.99. The molecule has 144 valence electrons. The first-order valence-corrected chi connectivity index (χ1v) is 10.9. The molecule has 3 aromatic rings. The molecule has 0 bridgehead atoms. The van der Waals surface area contributed by atoms with E-state index in [0.29, 0.717) is 21.7 Å². The Morgan fingerprint density at radius 2 is 1.29 bits per heavy atom. The van der Waals surface area contributed by atoms with Crippen LogP contribution in [0.15, 0.2) is 60.9 Å². The van der Waals surface area contributed by atoms with Gasteiger partial charge in [0.25, 0.3) is 0 Å². The summed E-state index contributed by atoms with van der Waals surface area (Å²) in [5.74, 6) is 0. The fourth-order valence-electron chi connectivity index (χ4n) is 3.76. The van der Waals surface area contributed by atoms with Crippen molar-refractivity contribution in [3.63, 3.8) is 0 Å². The van der Waals surface area contributed by atoms with Gasteiger partial charge in [0.1, 0.15) is 6.10 Å². The highest BCUT2D eigenvalue weighted by Crippen LogP contribution is 2.51. The number of pyridine rings is 1. The Morgan fingerprint density at radius 3 is 1.71 bits per heavy atom. The lowest BCUT2D eigenvalue weighted by Gasteiger charge is -2.34. The van der Waals surface area contributed by atoms with Crippen molar-refractivity contribution >= 4 is 34.4 Å². The van der Waals surface area contributed by atoms with Gasteiger partial charge in [-0.15, -0.1) is 0 Å². The summed E-state index contributed by atoms with van der Waals surface area (Å²) < 4.78 is 14.8. The van der Waals surface area contributed by atoms with Crippen molar-refractivity contribution in [3.8, 4) is 0 Å². The number of hydrogen-bond acceptors (Lipinski definition) is 5. The van der Waals surface area contributed by atoms with Gasteiger partial charge < -0.3 is 19.5 Å². The first-order chi connectivity index (χ1) is 13.3. The molecule has 5 nitrogen and oxygen atoms in total. The molecule has 0 radical (unpaired) electrons. The van der Waals surface area contributed by atoms with Crippen LogP contribution in [-0.2, 0) is 4.57 Å². The summed E-state index contributed by atoms with van der Waals surface area (Å²) >= 11 is 0. The fraction of sp³-hybridized carbons (Fsp3) is 0.227. The summed E-state index contributed by atoms with van der Waals surface area (Å²) in [7, 11) is 4.65. The molecule has 2 aromatic carbocycles. The van der Waals surface area contributed by atoms with E-state index in [0.717, 1.165) is 16.7 Å². The van der Waals surface area contributed by atoms with E-state index < -0.39 is 13.2 Å². The fourth-order valence-corrected chi connectivity index (χ4v) is 6.88. The maximum absolute atomic E-state index is 14.8. The van der Waals surface area contributed by atoms with Gasteiger partial charge in [-0.1, -0.05) is 12.1 Å². The number of hydrogen-bond donors (Lipinski definition) is 1. The van der Waals surface area contributed by atoms with E-state index in [1.165, 1.54) is 0 Å². The molecule has 28 heavy (non-hydrogen) atoms. The van der Waals surface area contributed by atoms with E-state index in [-0.39, 0.29) is 0 Å². The zero-order valence-corrected chi connectivity index (χ0v) is 17.4. The molecule has 4 rings (SSSR count). The van der Waals surface area contributed by atoms with Gasteiger partial charge in [0, 0.05) is 67.9 Å². The number of nitrogens with zero attached hydrogens (tertiary/aromatic N) is 3. The molecule has 1 N–H and O–H groups in total. The van der Waals surface area contributed by atoms with Gasteiger partial charge in [-0.3, -0.25) is 4.98 Å². The summed E-state index contributed by atoms with van der Waals surface area (Å²) in [6, 6.07) is 15.2. The molecule has 0 spiro atoms. The Morgan fingerprint density at radius 1 is 0.821 bits per heavy atom. The standard InChI is InChI=1S/C22H24N3O2P/c1-24(2)15-5-7-18-20(13-15)28(27,17-9-11-23-12-10-17)21-14-16(25(3)4)6-8-19(21)22(18)26/h5-14,22,26H,1-4H3. The van der Waals surface area contributed by atoms with Gasteiger partial charge in [-0.2, -0.15) is 0 Å². The number of aliphatic hydroxyl groups is 1. The van der Waals surface area contributed by atoms with E-state index in [1.807, 2.05) is 86.5 Å². The maximum Gasteiger partial charge on any atom is 0.172 e. The molecule has 0 amide bonds. The molecule has 1 aliphatic rings.